The molecule has 10 nitrogen and oxygen atoms in total. The Morgan fingerprint density at radius 3 is 2.28 bits per heavy atom. The fourth-order valence-corrected chi connectivity index (χ4v) is 5.41. The average Bonchev–Trinajstić information content (AvgIpc) is 3.44. The standard InChI is InChI=1S/C28H28N2O8S/c1-7-38-27(34)25-15(3)29-28(39-25)30-22(16-8-11-19(36-5)20(13-16)37-6)21(24(32)26(30)33)23(31)17-9-10-18(35-4)14(2)12-17/h8-13,22,31H,7H2,1-6H3/b23-21+. The molecule has 0 bridgehead atoms. The number of carbonyl (C=O) groups is 3. The minimum Gasteiger partial charge on any atom is -0.507 e. The summed E-state index contributed by atoms with van der Waals surface area (Å²) in [6.45, 7) is 5.28. The molecule has 1 aromatic heterocycles. The molecule has 1 unspecified atom stereocenters. The maximum absolute atomic E-state index is 13.5. The first kappa shape index (κ1) is 27.6. The molecular formula is C28H28N2O8S. The number of Topliss-reactive ketones (excluding diaryl/α,β-unsaturated/α-hetero) is 1. The summed E-state index contributed by atoms with van der Waals surface area (Å²) in [7, 11) is 4.49. The fraction of sp³-hybridized carbons (Fsp3) is 0.286. The van der Waals surface area contributed by atoms with Gasteiger partial charge in [-0.1, -0.05) is 17.4 Å². The van der Waals surface area contributed by atoms with Crippen molar-refractivity contribution in [2.45, 2.75) is 26.8 Å². The number of esters is 1. The third-order valence-corrected chi connectivity index (χ3v) is 7.43. The molecule has 2 heterocycles. The second kappa shape index (κ2) is 11.2. The molecule has 0 saturated carbocycles. The molecule has 1 aliphatic heterocycles. The summed E-state index contributed by atoms with van der Waals surface area (Å²) < 4.78 is 21.2. The van der Waals surface area contributed by atoms with Crippen molar-refractivity contribution >= 4 is 39.9 Å². The van der Waals surface area contributed by atoms with Gasteiger partial charge in [0.1, 0.15) is 16.4 Å². The smallest absolute Gasteiger partial charge is 0.350 e. The third kappa shape index (κ3) is 4.92. The third-order valence-electron chi connectivity index (χ3n) is 6.29. The molecule has 0 radical (unpaired) electrons. The summed E-state index contributed by atoms with van der Waals surface area (Å²) in [5, 5.41) is 11.5. The van der Waals surface area contributed by atoms with Crippen LogP contribution in [-0.2, 0) is 14.3 Å². The molecular weight excluding hydrogens is 524 g/mol. The van der Waals surface area contributed by atoms with Gasteiger partial charge in [0.25, 0.3) is 5.78 Å². The van der Waals surface area contributed by atoms with Crippen LogP contribution in [0.15, 0.2) is 42.0 Å². The molecule has 2 aromatic carbocycles. The molecule has 1 amide bonds. The number of aryl methyl sites for hydroxylation is 2. The number of aliphatic hydroxyl groups excluding tert-OH is 1. The van der Waals surface area contributed by atoms with Crippen LogP contribution < -0.4 is 19.1 Å². The van der Waals surface area contributed by atoms with Crippen molar-refractivity contribution in [3.8, 4) is 17.2 Å². The van der Waals surface area contributed by atoms with Crippen molar-refractivity contribution in [1.29, 1.82) is 0 Å². The van der Waals surface area contributed by atoms with Crippen molar-refractivity contribution in [2.24, 2.45) is 0 Å². The lowest BCUT2D eigenvalue weighted by Gasteiger charge is -2.24. The number of hydrogen-bond acceptors (Lipinski definition) is 10. The van der Waals surface area contributed by atoms with E-state index in [0.29, 0.717) is 34.1 Å². The van der Waals surface area contributed by atoms with Crippen LogP contribution in [0.2, 0.25) is 0 Å². The van der Waals surface area contributed by atoms with Gasteiger partial charge >= 0.3 is 11.9 Å². The van der Waals surface area contributed by atoms with Gasteiger partial charge in [0.2, 0.25) is 0 Å². The molecule has 4 rings (SSSR count). The zero-order valence-electron chi connectivity index (χ0n) is 22.4. The zero-order chi connectivity index (χ0) is 28.4. The average molecular weight is 553 g/mol. The van der Waals surface area contributed by atoms with E-state index in [4.69, 9.17) is 18.9 Å². The van der Waals surface area contributed by atoms with E-state index in [1.54, 1.807) is 57.2 Å². The minimum absolute atomic E-state index is 0.113. The van der Waals surface area contributed by atoms with Gasteiger partial charge in [0, 0.05) is 5.56 Å². The van der Waals surface area contributed by atoms with E-state index in [-0.39, 0.29) is 27.9 Å². The molecule has 1 fully saturated rings. The van der Waals surface area contributed by atoms with Crippen molar-refractivity contribution in [3.05, 3.63) is 69.2 Å². The minimum atomic E-state index is -1.08. The van der Waals surface area contributed by atoms with Crippen LogP contribution in [-0.4, -0.2) is 55.7 Å². The van der Waals surface area contributed by atoms with Crippen molar-refractivity contribution < 1.29 is 38.4 Å². The second-order valence-corrected chi connectivity index (χ2v) is 9.58. The Balaban J connectivity index is 1.95. The number of aromatic nitrogens is 1. The van der Waals surface area contributed by atoms with Crippen LogP contribution in [0.4, 0.5) is 5.13 Å². The first-order valence-electron chi connectivity index (χ1n) is 12.0. The summed E-state index contributed by atoms with van der Waals surface area (Å²) in [5.74, 6) is -1.32. The van der Waals surface area contributed by atoms with E-state index < -0.39 is 23.7 Å². The van der Waals surface area contributed by atoms with Gasteiger partial charge in [0.15, 0.2) is 16.6 Å². The highest BCUT2D eigenvalue weighted by Crippen LogP contribution is 2.45. The lowest BCUT2D eigenvalue weighted by atomic mass is 9.94. The van der Waals surface area contributed by atoms with E-state index in [9.17, 15) is 19.5 Å². The fourth-order valence-electron chi connectivity index (χ4n) is 4.42. The van der Waals surface area contributed by atoms with Gasteiger partial charge in [-0.15, -0.1) is 0 Å². The Hall–Kier alpha value is -4.38. The van der Waals surface area contributed by atoms with E-state index >= 15 is 0 Å². The van der Waals surface area contributed by atoms with E-state index in [1.807, 2.05) is 0 Å². The predicted molar refractivity (Wildman–Crippen MR) is 145 cm³/mol. The van der Waals surface area contributed by atoms with Crippen LogP contribution in [0.5, 0.6) is 17.2 Å². The molecule has 3 aromatic rings. The number of ketones is 1. The number of nitrogens with zero attached hydrogens (tertiary/aromatic N) is 2. The van der Waals surface area contributed by atoms with Gasteiger partial charge in [-0.3, -0.25) is 14.5 Å². The number of ether oxygens (including phenoxy) is 4. The number of amides is 1. The summed E-state index contributed by atoms with van der Waals surface area (Å²) >= 11 is 0.934. The van der Waals surface area contributed by atoms with Crippen LogP contribution in [0.25, 0.3) is 5.76 Å². The number of hydrogen-bond donors (Lipinski definition) is 1. The number of thiazole rings is 1. The van der Waals surface area contributed by atoms with Crippen LogP contribution >= 0.6 is 11.3 Å². The first-order chi connectivity index (χ1) is 18.7. The largest absolute Gasteiger partial charge is 0.507 e. The summed E-state index contributed by atoms with van der Waals surface area (Å²) in [5.41, 5.74) is 1.74. The number of rotatable bonds is 8. The first-order valence-corrected chi connectivity index (χ1v) is 12.8. The predicted octanol–water partition coefficient (Wildman–Crippen LogP) is 4.59. The Kier molecular flexibility index (Phi) is 7.91. The number of benzene rings is 2. The second-order valence-electron chi connectivity index (χ2n) is 8.60. The highest BCUT2D eigenvalue weighted by molar-refractivity contribution is 7.17. The number of methoxy groups -OCH3 is 3. The Morgan fingerprint density at radius 2 is 1.67 bits per heavy atom. The Labute approximate surface area is 229 Å². The zero-order valence-corrected chi connectivity index (χ0v) is 23.2. The van der Waals surface area contributed by atoms with Crippen LogP contribution in [0.1, 0.15) is 45.0 Å². The maximum Gasteiger partial charge on any atom is 0.350 e. The van der Waals surface area contributed by atoms with E-state index in [1.165, 1.54) is 26.2 Å². The molecule has 1 aliphatic rings. The lowest BCUT2D eigenvalue weighted by molar-refractivity contribution is -0.132. The maximum atomic E-state index is 13.5. The number of aliphatic hydroxyl groups is 1. The van der Waals surface area contributed by atoms with Gasteiger partial charge in [0.05, 0.1) is 45.2 Å². The normalized spacial score (nSPS) is 16.4. The number of carbonyl (C=O) groups excluding carboxylic acids is 3. The molecule has 204 valence electrons. The van der Waals surface area contributed by atoms with Crippen molar-refractivity contribution in [3.63, 3.8) is 0 Å². The van der Waals surface area contributed by atoms with Gasteiger partial charge in [-0.05, 0) is 62.2 Å². The Morgan fingerprint density at radius 1 is 1.00 bits per heavy atom. The molecule has 1 atom stereocenters. The molecule has 0 aliphatic carbocycles. The summed E-state index contributed by atoms with van der Waals surface area (Å²) in [6.07, 6.45) is 0. The van der Waals surface area contributed by atoms with E-state index in [0.717, 1.165) is 16.9 Å². The van der Waals surface area contributed by atoms with Crippen molar-refractivity contribution in [1.82, 2.24) is 4.98 Å². The topological polar surface area (TPSA) is 124 Å². The summed E-state index contributed by atoms with van der Waals surface area (Å²) in [4.78, 5) is 45.3. The molecule has 1 N–H and O–H groups in total. The lowest BCUT2D eigenvalue weighted by Crippen LogP contribution is -2.29. The molecule has 1 saturated heterocycles. The van der Waals surface area contributed by atoms with Gasteiger partial charge < -0.3 is 24.1 Å². The highest BCUT2D eigenvalue weighted by Gasteiger charge is 2.48. The van der Waals surface area contributed by atoms with E-state index in [2.05, 4.69) is 4.98 Å². The summed E-state index contributed by atoms with van der Waals surface area (Å²) in [6, 6.07) is 8.80. The Bertz CT molecular complexity index is 1490. The quantitative estimate of drug-likeness (QED) is 0.185. The monoisotopic (exact) mass is 552 g/mol. The molecule has 11 heteroatoms. The highest BCUT2D eigenvalue weighted by atomic mass is 32.1. The SMILES string of the molecule is CCOC(=O)c1sc(N2C(=O)C(=O)/C(=C(/O)c3ccc(OC)c(C)c3)C2c2ccc(OC)c(OC)c2)nc1C. The van der Waals surface area contributed by atoms with Crippen LogP contribution in [0.3, 0.4) is 0 Å². The molecule has 39 heavy (non-hydrogen) atoms. The van der Waals surface area contributed by atoms with Gasteiger partial charge in [-0.2, -0.15) is 0 Å². The van der Waals surface area contributed by atoms with Gasteiger partial charge in [-0.25, -0.2) is 9.78 Å². The van der Waals surface area contributed by atoms with Crippen LogP contribution in [0, 0.1) is 13.8 Å². The molecule has 0 spiro atoms. The van der Waals surface area contributed by atoms with Crippen molar-refractivity contribution in [2.75, 3.05) is 32.8 Å². The number of anilines is 1.